The van der Waals surface area contributed by atoms with E-state index in [1.807, 2.05) is 0 Å². The molecule has 0 aliphatic heterocycles. The molecule has 3 rings (SSSR count). The van der Waals surface area contributed by atoms with E-state index in [0.717, 1.165) is 0 Å². The predicted octanol–water partition coefficient (Wildman–Crippen LogP) is 2.43. The van der Waals surface area contributed by atoms with Crippen molar-refractivity contribution in [2.75, 3.05) is 0 Å². The van der Waals surface area contributed by atoms with E-state index in [1.165, 1.54) is 12.1 Å². The van der Waals surface area contributed by atoms with Gasteiger partial charge in [-0.25, -0.2) is 0 Å². The average Bonchev–Trinajstić information content (AvgIpc) is 2.38. The van der Waals surface area contributed by atoms with Gasteiger partial charge in [0, 0.05) is 10.9 Å². The number of hydrogen-bond acceptors (Lipinski definition) is 2. The number of amides is 1. The van der Waals surface area contributed by atoms with E-state index in [0.29, 0.717) is 21.4 Å². The molecule has 0 spiro atoms. The van der Waals surface area contributed by atoms with Crippen LogP contribution in [-0.4, -0.2) is 10.9 Å². The van der Waals surface area contributed by atoms with Gasteiger partial charge in [-0.05, 0) is 24.3 Å². The third kappa shape index (κ3) is 1.69. The summed E-state index contributed by atoms with van der Waals surface area (Å²) >= 11 is 6.07. The minimum Gasteiger partial charge on any atom is -0.366 e. The number of nitrogens with one attached hydrogen (secondary N) is 1. The fourth-order valence-electron chi connectivity index (χ4n) is 2.19. The summed E-state index contributed by atoms with van der Waals surface area (Å²) < 4.78 is 0. The van der Waals surface area contributed by atoms with Crippen molar-refractivity contribution in [2.45, 2.75) is 0 Å². The number of benzene rings is 2. The van der Waals surface area contributed by atoms with Gasteiger partial charge in [0.25, 0.3) is 5.91 Å². The molecule has 2 aromatic carbocycles. The van der Waals surface area contributed by atoms with E-state index in [-0.39, 0.29) is 16.4 Å². The second-order valence-corrected chi connectivity index (χ2v) is 4.62. The van der Waals surface area contributed by atoms with Crippen LogP contribution in [0.3, 0.4) is 0 Å². The third-order valence-corrected chi connectivity index (χ3v) is 3.39. The highest BCUT2D eigenvalue weighted by Crippen LogP contribution is 2.24. The van der Waals surface area contributed by atoms with Crippen molar-refractivity contribution in [3.05, 3.63) is 57.2 Å². The minimum atomic E-state index is -0.604. The Morgan fingerprint density at radius 1 is 1.16 bits per heavy atom. The van der Waals surface area contributed by atoms with Crippen LogP contribution in [0.4, 0.5) is 0 Å². The first-order valence-electron chi connectivity index (χ1n) is 5.62. The van der Waals surface area contributed by atoms with Gasteiger partial charge in [0.15, 0.2) is 5.43 Å². The van der Waals surface area contributed by atoms with E-state index in [1.54, 1.807) is 24.3 Å². The molecule has 1 heterocycles. The van der Waals surface area contributed by atoms with Gasteiger partial charge in [-0.2, -0.15) is 0 Å². The number of primary amides is 1. The van der Waals surface area contributed by atoms with Crippen molar-refractivity contribution in [3.8, 4) is 0 Å². The molecule has 4 nitrogen and oxygen atoms in total. The molecular formula is C14H9ClN2O2. The fraction of sp³-hybridized carbons (Fsp3) is 0. The summed E-state index contributed by atoms with van der Waals surface area (Å²) in [6, 6.07) is 10.1. The number of aromatic nitrogens is 1. The predicted molar refractivity (Wildman–Crippen MR) is 75.6 cm³/mol. The number of carbonyl (C=O) groups excluding carboxylic acids is 1. The molecule has 0 aliphatic carbocycles. The summed E-state index contributed by atoms with van der Waals surface area (Å²) in [5.74, 6) is -0.604. The number of nitrogens with two attached hydrogens (primary N) is 1. The van der Waals surface area contributed by atoms with Crippen LogP contribution in [0.5, 0.6) is 0 Å². The van der Waals surface area contributed by atoms with E-state index in [9.17, 15) is 9.59 Å². The summed E-state index contributed by atoms with van der Waals surface area (Å²) in [5.41, 5.74) is 6.38. The molecule has 3 aromatic rings. The lowest BCUT2D eigenvalue weighted by Gasteiger charge is -2.07. The van der Waals surface area contributed by atoms with E-state index in [4.69, 9.17) is 17.3 Å². The Hall–Kier alpha value is -2.33. The van der Waals surface area contributed by atoms with Crippen molar-refractivity contribution in [1.29, 1.82) is 0 Å². The molecule has 0 radical (unpaired) electrons. The van der Waals surface area contributed by atoms with Crippen molar-refractivity contribution < 1.29 is 4.79 Å². The molecule has 19 heavy (non-hydrogen) atoms. The zero-order chi connectivity index (χ0) is 13.6. The van der Waals surface area contributed by atoms with Crippen LogP contribution in [0.15, 0.2) is 41.2 Å². The molecular weight excluding hydrogens is 264 g/mol. The largest absolute Gasteiger partial charge is 0.366 e. The smallest absolute Gasteiger partial charge is 0.250 e. The number of rotatable bonds is 1. The molecule has 5 heteroatoms. The van der Waals surface area contributed by atoms with Gasteiger partial charge in [0.05, 0.1) is 21.5 Å². The van der Waals surface area contributed by atoms with Crippen LogP contribution in [0.1, 0.15) is 10.4 Å². The first-order chi connectivity index (χ1) is 9.09. The van der Waals surface area contributed by atoms with E-state index < -0.39 is 5.91 Å². The average molecular weight is 273 g/mol. The van der Waals surface area contributed by atoms with Crippen LogP contribution in [-0.2, 0) is 0 Å². The Kier molecular flexibility index (Phi) is 2.54. The zero-order valence-electron chi connectivity index (χ0n) is 9.74. The summed E-state index contributed by atoms with van der Waals surface area (Å²) in [6.07, 6.45) is 0. The Labute approximate surface area is 112 Å². The maximum absolute atomic E-state index is 12.4. The highest BCUT2D eigenvalue weighted by atomic mass is 35.5. The van der Waals surface area contributed by atoms with Crippen molar-refractivity contribution in [1.82, 2.24) is 4.98 Å². The lowest BCUT2D eigenvalue weighted by molar-refractivity contribution is 0.100. The van der Waals surface area contributed by atoms with Crippen LogP contribution in [0.2, 0.25) is 5.02 Å². The molecule has 0 bridgehead atoms. The standard InChI is InChI=1S/C14H9ClN2O2/c15-9-6-5-8(14(16)19)12-11(9)13(18)7-3-1-2-4-10(7)17-12/h1-6H,(H2,16,19)(H,17,18). The van der Waals surface area contributed by atoms with Crippen molar-refractivity contribution in [2.24, 2.45) is 5.73 Å². The van der Waals surface area contributed by atoms with Gasteiger partial charge in [-0.1, -0.05) is 23.7 Å². The second kappa shape index (κ2) is 4.10. The quantitative estimate of drug-likeness (QED) is 0.668. The molecule has 1 amide bonds. The summed E-state index contributed by atoms with van der Waals surface area (Å²) in [5, 5.41) is 1.11. The molecule has 0 unspecified atom stereocenters. The molecule has 0 saturated heterocycles. The SMILES string of the molecule is NC(=O)c1ccc(Cl)c2c(=O)c3ccccc3[nH]c12. The maximum atomic E-state index is 12.4. The minimum absolute atomic E-state index is 0.211. The maximum Gasteiger partial charge on any atom is 0.250 e. The van der Waals surface area contributed by atoms with Crippen LogP contribution < -0.4 is 11.2 Å². The summed E-state index contributed by atoms with van der Waals surface area (Å²) in [6.45, 7) is 0. The molecule has 94 valence electrons. The van der Waals surface area contributed by atoms with Crippen molar-refractivity contribution in [3.63, 3.8) is 0 Å². The van der Waals surface area contributed by atoms with Gasteiger partial charge in [-0.3, -0.25) is 9.59 Å². The number of H-pyrrole nitrogens is 1. The van der Waals surface area contributed by atoms with E-state index in [2.05, 4.69) is 4.98 Å². The number of hydrogen-bond donors (Lipinski definition) is 2. The second-order valence-electron chi connectivity index (χ2n) is 4.21. The molecule has 3 N–H and O–H groups in total. The number of halogens is 1. The molecule has 0 atom stereocenters. The molecule has 0 fully saturated rings. The molecule has 0 saturated carbocycles. The number of aromatic amines is 1. The Morgan fingerprint density at radius 3 is 2.63 bits per heavy atom. The highest BCUT2D eigenvalue weighted by Gasteiger charge is 2.14. The first kappa shape index (κ1) is 11.7. The first-order valence-corrected chi connectivity index (χ1v) is 6.00. The zero-order valence-corrected chi connectivity index (χ0v) is 10.5. The lowest BCUT2D eigenvalue weighted by atomic mass is 10.1. The number of carbonyl (C=O) groups is 1. The van der Waals surface area contributed by atoms with E-state index >= 15 is 0 Å². The monoisotopic (exact) mass is 272 g/mol. The number of fused-ring (bicyclic) bond motifs is 2. The molecule has 1 aromatic heterocycles. The van der Waals surface area contributed by atoms with Crippen LogP contribution in [0, 0.1) is 0 Å². The summed E-state index contributed by atoms with van der Waals surface area (Å²) in [4.78, 5) is 26.9. The Bertz CT molecular complexity index is 884. The van der Waals surface area contributed by atoms with Gasteiger partial charge in [-0.15, -0.1) is 0 Å². The van der Waals surface area contributed by atoms with Crippen LogP contribution >= 0.6 is 11.6 Å². The van der Waals surface area contributed by atoms with Crippen LogP contribution in [0.25, 0.3) is 21.8 Å². The molecule has 0 aliphatic rings. The fourth-order valence-corrected chi connectivity index (χ4v) is 2.44. The highest BCUT2D eigenvalue weighted by molar-refractivity contribution is 6.36. The van der Waals surface area contributed by atoms with Gasteiger partial charge >= 0.3 is 0 Å². The van der Waals surface area contributed by atoms with Crippen molar-refractivity contribution >= 4 is 39.3 Å². The number of para-hydroxylation sites is 1. The normalized spacial score (nSPS) is 11.0. The van der Waals surface area contributed by atoms with Gasteiger partial charge in [0.2, 0.25) is 0 Å². The third-order valence-electron chi connectivity index (χ3n) is 3.08. The van der Waals surface area contributed by atoms with Gasteiger partial charge in [0.1, 0.15) is 0 Å². The van der Waals surface area contributed by atoms with Gasteiger partial charge < -0.3 is 10.7 Å². The topological polar surface area (TPSA) is 76.0 Å². The summed E-state index contributed by atoms with van der Waals surface area (Å²) in [7, 11) is 0. The lowest BCUT2D eigenvalue weighted by Crippen LogP contribution is -2.14. The Morgan fingerprint density at radius 2 is 1.89 bits per heavy atom. The number of pyridine rings is 1. The Balaban J connectivity index is 2.64.